The molecule has 5 heteroatoms. The van der Waals surface area contributed by atoms with E-state index in [4.69, 9.17) is 0 Å². The van der Waals surface area contributed by atoms with Gasteiger partial charge in [0.15, 0.2) is 0 Å². The van der Waals surface area contributed by atoms with Crippen molar-refractivity contribution in [1.29, 1.82) is 0 Å². The molecule has 0 bridgehead atoms. The third kappa shape index (κ3) is 4.83. The molecule has 0 saturated heterocycles. The van der Waals surface area contributed by atoms with Crippen molar-refractivity contribution in [3.63, 3.8) is 0 Å². The minimum Gasteiger partial charge on any atom is -0.348 e. The molecule has 3 nitrogen and oxygen atoms in total. The van der Waals surface area contributed by atoms with Crippen molar-refractivity contribution in [3.8, 4) is 0 Å². The van der Waals surface area contributed by atoms with E-state index in [1.54, 1.807) is 23.9 Å². The number of aryl methyl sites for hydroxylation is 1. The largest absolute Gasteiger partial charge is 0.348 e. The Labute approximate surface area is 186 Å². The Bertz CT molecular complexity index is 1210. The van der Waals surface area contributed by atoms with Crippen LogP contribution < -0.4 is 5.32 Å². The van der Waals surface area contributed by atoms with Gasteiger partial charge in [-0.25, -0.2) is 4.39 Å². The zero-order chi connectivity index (χ0) is 21.8. The van der Waals surface area contributed by atoms with Crippen LogP contribution in [-0.2, 0) is 20.0 Å². The molecule has 158 valence electrons. The van der Waals surface area contributed by atoms with Gasteiger partial charge in [-0.1, -0.05) is 37.3 Å². The van der Waals surface area contributed by atoms with Gasteiger partial charge in [0.25, 0.3) is 5.91 Å². The first-order valence-electron chi connectivity index (χ1n) is 10.4. The van der Waals surface area contributed by atoms with Gasteiger partial charge in [0, 0.05) is 47.1 Å². The number of hydrogen-bond acceptors (Lipinski definition) is 2. The molecular formula is C26H25FN2OS. The van der Waals surface area contributed by atoms with E-state index in [1.807, 2.05) is 49.5 Å². The van der Waals surface area contributed by atoms with Crippen LogP contribution in [0, 0.1) is 5.82 Å². The number of amides is 1. The highest BCUT2D eigenvalue weighted by atomic mass is 32.2. The molecule has 0 spiro atoms. The van der Waals surface area contributed by atoms with Crippen LogP contribution in [0.15, 0.2) is 77.7 Å². The summed E-state index contributed by atoms with van der Waals surface area (Å²) in [5, 5.41) is 3.97. The fourth-order valence-corrected chi connectivity index (χ4v) is 4.37. The highest BCUT2D eigenvalue weighted by Crippen LogP contribution is 2.23. The van der Waals surface area contributed by atoms with E-state index in [2.05, 4.69) is 28.9 Å². The maximum absolute atomic E-state index is 14.1. The maximum atomic E-state index is 14.1. The second-order valence-corrected chi connectivity index (χ2v) is 8.83. The van der Waals surface area contributed by atoms with Gasteiger partial charge in [-0.3, -0.25) is 4.79 Å². The lowest BCUT2D eigenvalue weighted by Gasteiger charge is -2.07. The number of thioether (sulfide) groups is 1. The molecule has 0 aliphatic rings. The number of carbonyl (C=O) groups is 1. The van der Waals surface area contributed by atoms with Gasteiger partial charge in [-0.15, -0.1) is 11.8 Å². The Balaban J connectivity index is 1.48. The molecule has 1 amide bonds. The van der Waals surface area contributed by atoms with Crippen LogP contribution in [0.4, 0.5) is 4.39 Å². The van der Waals surface area contributed by atoms with Crippen LogP contribution in [0.2, 0.25) is 0 Å². The highest BCUT2D eigenvalue weighted by Gasteiger charge is 2.12. The summed E-state index contributed by atoms with van der Waals surface area (Å²) in [5.74, 6) is 0.739. The number of fused-ring (bicyclic) bond motifs is 1. The second kappa shape index (κ2) is 9.40. The van der Waals surface area contributed by atoms with Gasteiger partial charge in [-0.2, -0.15) is 0 Å². The maximum Gasteiger partial charge on any atom is 0.251 e. The molecule has 3 aromatic carbocycles. The standard InChI is InChI=1S/C26H25FN2OS/c1-3-31-23-11-8-18(9-12-23)17-28-26(30)20-10-13-25-21(14-20)16-22(29(25)2)15-19-6-4-5-7-24(19)27/h4-14,16H,3,15,17H2,1-2H3,(H,28,30). The molecule has 31 heavy (non-hydrogen) atoms. The zero-order valence-corrected chi connectivity index (χ0v) is 18.5. The monoisotopic (exact) mass is 432 g/mol. The van der Waals surface area contributed by atoms with Gasteiger partial charge in [0.05, 0.1) is 0 Å². The molecule has 0 fully saturated rings. The van der Waals surface area contributed by atoms with Crippen LogP contribution in [0.25, 0.3) is 10.9 Å². The van der Waals surface area contributed by atoms with E-state index in [0.29, 0.717) is 24.1 Å². The average Bonchev–Trinajstić information content (AvgIpc) is 3.09. The minimum atomic E-state index is -0.200. The minimum absolute atomic E-state index is 0.103. The predicted molar refractivity (Wildman–Crippen MR) is 126 cm³/mol. The number of carbonyl (C=O) groups excluding carboxylic acids is 1. The molecule has 4 rings (SSSR count). The normalized spacial score (nSPS) is 11.1. The van der Waals surface area contributed by atoms with Gasteiger partial charge in [0.1, 0.15) is 5.82 Å². The van der Waals surface area contributed by atoms with Crippen molar-refractivity contribution >= 4 is 28.6 Å². The summed E-state index contributed by atoms with van der Waals surface area (Å²) in [7, 11) is 1.97. The van der Waals surface area contributed by atoms with E-state index < -0.39 is 0 Å². The van der Waals surface area contributed by atoms with Gasteiger partial charge < -0.3 is 9.88 Å². The Morgan fingerprint density at radius 1 is 1.03 bits per heavy atom. The summed E-state index contributed by atoms with van der Waals surface area (Å²) in [6.07, 6.45) is 0.506. The lowest BCUT2D eigenvalue weighted by Crippen LogP contribution is -2.22. The van der Waals surface area contributed by atoms with Crippen molar-refractivity contribution in [2.75, 3.05) is 5.75 Å². The third-order valence-corrected chi connectivity index (χ3v) is 6.32. The fourth-order valence-electron chi connectivity index (χ4n) is 3.71. The van der Waals surface area contributed by atoms with Crippen molar-refractivity contribution in [1.82, 2.24) is 9.88 Å². The smallest absolute Gasteiger partial charge is 0.251 e. The summed E-state index contributed by atoms with van der Waals surface area (Å²) >= 11 is 1.80. The molecule has 1 aromatic heterocycles. The molecule has 1 heterocycles. The van der Waals surface area contributed by atoms with Crippen LogP contribution >= 0.6 is 11.8 Å². The van der Waals surface area contributed by atoms with Crippen LogP contribution in [-0.4, -0.2) is 16.2 Å². The molecule has 0 unspecified atom stereocenters. The van der Waals surface area contributed by atoms with Crippen molar-refractivity contribution < 1.29 is 9.18 Å². The number of nitrogens with zero attached hydrogens (tertiary/aromatic N) is 1. The molecular weight excluding hydrogens is 407 g/mol. The number of benzene rings is 3. The second-order valence-electron chi connectivity index (χ2n) is 7.50. The van der Waals surface area contributed by atoms with Crippen LogP contribution in [0.3, 0.4) is 0 Å². The number of rotatable bonds is 7. The summed E-state index contributed by atoms with van der Waals surface area (Å²) < 4.78 is 16.1. The first-order valence-corrected chi connectivity index (χ1v) is 11.4. The first kappa shape index (κ1) is 21.2. The Kier molecular flexibility index (Phi) is 6.42. The van der Waals surface area contributed by atoms with Crippen molar-refractivity contribution in [2.45, 2.75) is 24.8 Å². The average molecular weight is 433 g/mol. The molecule has 0 saturated carbocycles. The summed E-state index contributed by atoms with van der Waals surface area (Å²) in [4.78, 5) is 13.9. The van der Waals surface area contributed by atoms with Crippen LogP contribution in [0.5, 0.6) is 0 Å². The molecule has 0 aliphatic heterocycles. The number of hydrogen-bond donors (Lipinski definition) is 1. The molecule has 1 N–H and O–H groups in total. The first-order chi connectivity index (χ1) is 15.0. The molecule has 0 atom stereocenters. The lowest BCUT2D eigenvalue weighted by molar-refractivity contribution is 0.0951. The number of nitrogens with one attached hydrogen (secondary N) is 1. The summed E-state index contributed by atoms with van der Waals surface area (Å²) in [5.41, 5.74) is 4.37. The lowest BCUT2D eigenvalue weighted by atomic mass is 10.1. The molecule has 0 radical (unpaired) electrons. The zero-order valence-electron chi connectivity index (χ0n) is 17.7. The predicted octanol–water partition coefficient (Wildman–Crippen LogP) is 5.95. The topological polar surface area (TPSA) is 34.0 Å². The van der Waals surface area contributed by atoms with E-state index in [0.717, 1.165) is 27.9 Å². The quantitative estimate of drug-likeness (QED) is 0.366. The SMILES string of the molecule is CCSc1ccc(CNC(=O)c2ccc3c(c2)cc(Cc2ccccc2F)n3C)cc1. The highest BCUT2D eigenvalue weighted by molar-refractivity contribution is 7.99. The van der Waals surface area contributed by atoms with Gasteiger partial charge in [0.2, 0.25) is 0 Å². The molecule has 0 aliphatic carbocycles. The van der Waals surface area contributed by atoms with Gasteiger partial charge >= 0.3 is 0 Å². The van der Waals surface area contributed by atoms with E-state index in [9.17, 15) is 9.18 Å². The van der Waals surface area contributed by atoms with E-state index in [-0.39, 0.29) is 11.7 Å². The number of halogens is 1. The van der Waals surface area contributed by atoms with Gasteiger partial charge in [-0.05, 0) is 59.3 Å². The Morgan fingerprint density at radius 3 is 2.55 bits per heavy atom. The fraction of sp³-hybridized carbons (Fsp3) is 0.192. The summed E-state index contributed by atoms with van der Waals surface area (Å²) in [6, 6.07) is 22.8. The molecule has 4 aromatic rings. The van der Waals surface area contributed by atoms with E-state index >= 15 is 0 Å². The van der Waals surface area contributed by atoms with E-state index in [1.165, 1.54) is 11.0 Å². The third-order valence-electron chi connectivity index (χ3n) is 5.42. The Morgan fingerprint density at radius 2 is 1.81 bits per heavy atom. The van der Waals surface area contributed by atoms with Crippen LogP contribution in [0.1, 0.15) is 34.1 Å². The Hall–Kier alpha value is -3.05. The number of aromatic nitrogens is 1. The summed E-state index contributed by atoms with van der Waals surface area (Å²) in [6.45, 7) is 2.62. The van der Waals surface area contributed by atoms with Crippen molar-refractivity contribution in [3.05, 3.63) is 101 Å². The van der Waals surface area contributed by atoms with Crippen molar-refractivity contribution in [2.24, 2.45) is 7.05 Å².